The molecule has 0 aromatic heterocycles. The summed E-state index contributed by atoms with van der Waals surface area (Å²) in [4.78, 5) is 11.6. The molecule has 6 heteroatoms. The van der Waals surface area contributed by atoms with E-state index in [-0.39, 0.29) is 5.97 Å². The van der Waals surface area contributed by atoms with Crippen LogP contribution in [0.15, 0.2) is 30.3 Å². The SMILES string of the molecule is CCOP(OCC)OCCCC(=O)OCc1ccccc1. The van der Waals surface area contributed by atoms with Gasteiger partial charge in [-0.25, -0.2) is 0 Å². The fourth-order valence-corrected chi connectivity index (χ4v) is 2.41. The third kappa shape index (κ3) is 8.79. The normalized spacial score (nSPS) is 10.8. The van der Waals surface area contributed by atoms with Crippen LogP contribution in [0.1, 0.15) is 32.3 Å². The first-order chi connectivity index (χ1) is 10.3. The van der Waals surface area contributed by atoms with Gasteiger partial charge in [0.2, 0.25) is 0 Å². The zero-order chi connectivity index (χ0) is 15.3. The summed E-state index contributed by atoms with van der Waals surface area (Å²) in [6, 6.07) is 9.61. The van der Waals surface area contributed by atoms with Crippen LogP contribution >= 0.6 is 8.60 Å². The zero-order valence-corrected chi connectivity index (χ0v) is 13.5. The Morgan fingerprint density at radius 1 is 1.05 bits per heavy atom. The van der Waals surface area contributed by atoms with Gasteiger partial charge in [-0.2, -0.15) is 0 Å². The average Bonchev–Trinajstić information content (AvgIpc) is 2.51. The lowest BCUT2D eigenvalue weighted by atomic mass is 10.2. The van der Waals surface area contributed by atoms with E-state index in [0.29, 0.717) is 39.3 Å². The quantitative estimate of drug-likeness (QED) is 0.353. The maximum Gasteiger partial charge on any atom is 0.332 e. The first-order valence-electron chi connectivity index (χ1n) is 7.14. The van der Waals surface area contributed by atoms with Gasteiger partial charge in [-0.1, -0.05) is 30.3 Å². The summed E-state index contributed by atoms with van der Waals surface area (Å²) in [6.07, 6.45) is 0.918. The van der Waals surface area contributed by atoms with Crippen molar-refractivity contribution in [3.05, 3.63) is 35.9 Å². The highest BCUT2D eigenvalue weighted by Crippen LogP contribution is 2.39. The maximum atomic E-state index is 11.6. The van der Waals surface area contributed by atoms with Gasteiger partial charge in [-0.05, 0) is 25.8 Å². The third-order valence-electron chi connectivity index (χ3n) is 2.43. The molecule has 0 atom stereocenters. The fraction of sp³-hybridized carbons (Fsp3) is 0.533. The second-order valence-corrected chi connectivity index (χ2v) is 5.36. The number of rotatable bonds is 11. The van der Waals surface area contributed by atoms with Crippen LogP contribution in [-0.4, -0.2) is 25.8 Å². The minimum Gasteiger partial charge on any atom is -0.461 e. The molecule has 1 rings (SSSR count). The molecular weight excluding hydrogens is 291 g/mol. The predicted molar refractivity (Wildman–Crippen MR) is 81.6 cm³/mol. The van der Waals surface area contributed by atoms with Crippen LogP contribution in [0.3, 0.4) is 0 Å². The fourth-order valence-electron chi connectivity index (χ4n) is 1.49. The van der Waals surface area contributed by atoms with Crippen molar-refractivity contribution in [2.45, 2.75) is 33.3 Å². The molecule has 0 amide bonds. The minimum absolute atomic E-state index is 0.223. The second kappa shape index (κ2) is 11.6. The molecule has 0 saturated carbocycles. The van der Waals surface area contributed by atoms with Crippen molar-refractivity contribution in [2.75, 3.05) is 19.8 Å². The van der Waals surface area contributed by atoms with Crippen molar-refractivity contribution in [1.82, 2.24) is 0 Å². The van der Waals surface area contributed by atoms with E-state index >= 15 is 0 Å². The van der Waals surface area contributed by atoms with Crippen LogP contribution in [0.2, 0.25) is 0 Å². The summed E-state index contributed by atoms with van der Waals surface area (Å²) in [5, 5.41) is 0. The standard InChI is InChI=1S/C15H23O5P/c1-3-18-21(19-4-2)20-12-8-11-15(16)17-13-14-9-6-5-7-10-14/h5-7,9-10H,3-4,8,11-13H2,1-2H3. The van der Waals surface area contributed by atoms with E-state index in [9.17, 15) is 4.79 Å². The molecule has 0 bridgehead atoms. The summed E-state index contributed by atoms with van der Waals surface area (Å²) < 4.78 is 21.2. The van der Waals surface area contributed by atoms with Crippen molar-refractivity contribution < 1.29 is 23.1 Å². The van der Waals surface area contributed by atoms with Crippen LogP contribution in [0.25, 0.3) is 0 Å². The molecule has 0 aliphatic rings. The van der Waals surface area contributed by atoms with Crippen molar-refractivity contribution >= 4 is 14.6 Å². The van der Waals surface area contributed by atoms with E-state index in [1.165, 1.54) is 0 Å². The van der Waals surface area contributed by atoms with Gasteiger partial charge in [-0.15, -0.1) is 0 Å². The lowest BCUT2D eigenvalue weighted by Gasteiger charge is -2.14. The summed E-state index contributed by atoms with van der Waals surface area (Å²) in [5.41, 5.74) is 0.985. The summed E-state index contributed by atoms with van der Waals surface area (Å²) in [5.74, 6) is -0.223. The Morgan fingerprint density at radius 3 is 2.33 bits per heavy atom. The summed E-state index contributed by atoms with van der Waals surface area (Å²) in [6.45, 7) is 5.60. The zero-order valence-electron chi connectivity index (χ0n) is 12.6. The smallest absolute Gasteiger partial charge is 0.332 e. The highest BCUT2D eigenvalue weighted by Gasteiger charge is 2.11. The van der Waals surface area contributed by atoms with Gasteiger partial charge < -0.3 is 18.3 Å². The molecule has 0 fully saturated rings. The third-order valence-corrected chi connectivity index (χ3v) is 3.77. The molecule has 0 aliphatic heterocycles. The summed E-state index contributed by atoms with van der Waals surface area (Å²) in [7, 11) is -1.29. The highest BCUT2D eigenvalue weighted by atomic mass is 31.2. The van der Waals surface area contributed by atoms with Gasteiger partial charge in [0.25, 0.3) is 0 Å². The molecule has 0 saturated heterocycles. The summed E-state index contributed by atoms with van der Waals surface area (Å²) >= 11 is 0. The molecule has 1 aromatic carbocycles. The Bertz CT molecular complexity index is 379. The number of hydrogen-bond acceptors (Lipinski definition) is 5. The Kier molecular flexibility index (Phi) is 10.0. The van der Waals surface area contributed by atoms with E-state index in [1.54, 1.807) is 0 Å². The monoisotopic (exact) mass is 314 g/mol. The van der Waals surface area contributed by atoms with E-state index in [1.807, 2.05) is 44.2 Å². The molecule has 0 spiro atoms. The lowest BCUT2D eigenvalue weighted by molar-refractivity contribution is -0.145. The topological polar surface area (TPSA) is 54.0 Å². The van der Waals surface area contributed by atoms with Gasteiger partial charge in [0.05, 0.1) is 19.8 Å². The molecule has 5 nitrogen and oxygen atoms in total. The molecule has 0 unspecified atom stereocenters. The number of esters is 1. The van der Waals surface area contributed by atoms with Crippen molar-refractivity contribution in [2.24, 2.45) is 0 Å². The Hall–Kier alpha value is -1.00. The van der Waals surface area contributed by atoms with Gasteiger partial charge in [0, 0.05) is 6.42 Å². The number of benzene rings is 1. The van der Waals surface area contributed by atoms with Gasteiger partial charge >= 0.3 is 14.6 Å². The molecule has 0 heterocycles. The van der Waals surface area contributed by atoms with Crippen LogP contribution in [0.5, 0.6) is 0 Å². The number of carbonyl (C=O) groups excluding carboxylic acids is 1. The number of ether oxygens (including phenoxy) is 1. The Morgan fingerprint density at radius 2 is 1.71 bits per heavy atom. The first kappa shape index (κ1) is 18.1. The van der Waals surface area contributed by atoms with Crippen LogP contribution < -0.4 is 0 Å². The lowest BCUT2D eigenvalue weighted by Crippen LogP contribution is -2.06. The molecule has 118 valence electrons. The van der Waals surface area contributed by atoms with E-state index in [4.69, 9.17) is 18.3 Å². The molecule has 0 radical (unpaired) electrons. The Balaban J connectivity index is 2.10. The number of carbonyl (C=O) groups is 1. The Labute approximate surface area is 127 Å². The van der Waals surface area contributed by atoms with Gasteiger partial charge in [-0.3, -0.25) is 4.79 Å². The minimum atomic E-state index is -1.29. The first-order valence-corrected chi connectivity index (χ1v) is 8.24. The molecular formula is C15H23O5P. The van der Waals surface area contributed by atoms with Gasteiger partial charge in [0.15, 0.2) is 0 Å². The molecule has 21 heavy (non-hydrogen) atoms. The van der Waals surface area contributed by atoms with Gasteiger partial charge in [0.1, 0.15) is 6.61 Å². The van der Waals surface area contributed by atoms with Crippen molar-refractivity contribution in [1.29, 1.82) is 0 Å². The highest BCUT2D eigenvalue weighted by molar-refractivity contribution is 7.41. The maximum absolute atomic E-state index is 11.6. The molecule has 1 aromatic rings. The molecule has 0 aliphatic carbocycles. The average molecular weight is 314 g/mol. The van der Waals surface area contributed by atoms with E-state index in [0.717, 1.165) is 5.56 Å². The number of hydrogen-bond donors (Lipinski definition) is 0. The van der Waals surface area contributed by atoms with Crippen molar-refractivity contribution in [3.8, 4) is 0 Å². The second-order valence-electron chi connectivity index (χ2n) is 4.14. The largest absolute Gasteiger partial charge is 0.461 e. The predicted octanol–water partition coefficient (Wildman–Crippen LogP) is 3.83. The van der Waals surface area contributed by atoms with Crippen LogP contribution in [-0.2, 0) is 29.7 Å². The molecule has 0 N–H and O–H groups in total. The van der Waals surface area contributed by atoms with Crippen LogP contribution in [0, 0.1) is 0 Å². The van der Waals surface area contributed by atoms with E-state index in [2.05, 4.69) is 0 Å². The van der Waals surface area contributed by atoms with Crippen LogP contribution in [0.4, 0.5) is 0 Å². The van der Waals surface area contributed by atoms with E-state index < -0.39 is 8.60 Å². The van der Waals surface area contributed by atoms with Crippen molar-refractivity contribution in [3.63, 3.8) is 0 Å².